The van der Waals surface area contributed by atoms with Crippen molar-refractivity contribution in [1.82, 2.24) is 4.90 Å². The van der Waals surface area contributed by atoms with Crippen molar-refractivity contribution in [2.75, 3.05) is 7.05 Å². The van der Waals surface area contributed by atoms with Crippen LogP contribution in [0.25, 0.3) is 0 Å². The van der Waals surface area contributed by atoms with Gasteiger partial charge in [0, 0.05) is 28.0 Å². The van der Waals surface area contributed by atoms with E-state index in [0.717, 1.165) is 19.3 Å². The van der Waals surface area contributed by atoms with Crippen LogP contribution in [-0.4, -0.2) is 28.7 Å². The molecule has 1 aromatic rings. The lowest BCUT2D eigenvalue weighted by atomic mass is 9.94. The first-order valence-corrected chi connectivity index (χ1v) is 8.07. The van der Waals surface area contributed by atoms with Crippen LogP contribution in [0.15, 0.2) is 22.7 Å². The summed E-state index contributed by atoms with van der Waals surface area (Å²) in [5.41, 5.74) is 0.389. The first kappa shape index (κ1) is 15.0. The zero-order valence-corrected chi connectivity index (χ0v) is 13.9. The zero-order chi connectivity index (χ0) is 14.0. The molecule has 1 amide bonds. The van der Waals surface area contributed by atoms with Crippen molar-refractivity contribution in [3.63, 3.8) is 0 Å². The van der Waals surface area contributed by atoms with Crippen LogP contribution in [0.1, 0.15) is 36.0 Å². The summed E-state index contributed by atoms with van der Waals surface area (Å²) in [6, 6.07) is 4.48. The molecule has 0 radical (unpaired) electrons. The second kappa shape index (κ2) is 6.35. The van der Waals surface area contributed by atoms with Crippen molar-refractivity contribution in [3.8, 4) is 0 Å². The standard InChI is InChI=1S/C14H16Br2FNO/c1-18(13-5-3-2-4-12(13)16)14(19)9-6-10(15)8-11(17)7-9/h6-8,12-13H,2-5H2,1H3. The molecule has 19 heavy (non-hydrogen) atoms. The van der Waals surface area contributed by atoms with Gasteiger partial charge in [0.2, 0.25) is 0 Å². The molecule has 0 aromatic heterocycles. The average Bonchev–Trinajstić information content (AvgIpc) is 2.36. The lowest BCUT2D eigenvalue weighted by Gasteiger charge is -2.35. The van der Waals surface area contributed by atoms with Gasteiger partial charge in [-0.05, 0) is 31.0 Å². The Morgan fingerprint density at radius 3 is 2.63 bits per heavy atom. The fourth-order valence-corrected chi connectivity index (χ4v) is 3.94. The molecule has 0 spiro atoms. The molecule has 1 aliphatic carbocycles. The van der Waals surface area contributed by atoms with E-state index < -0.39 is 5.82 Å². The molecule has 5 heteroatoms. The number of alkyl halides is 1. The third-order valence-electron chi connectivity index (χ3n) is 3.57. The van der Waals surface area contributed by atoms with E-state index in [1.165, 1.54) is 18.6 Å². The zero-order valence-electron chi connectivity index (χ0n) is 10.7. The number of nitrogens with zero attached hydrogens (tertiary/aromatic N) is 1. The van der Waals surface area contributed by atoms with Gasteiger partial charge in [-0.25, -0.2) is 4.39 Å². The SMILES string of the molecule is CN(C(=O)c1cc(F)cc(Br)c1)C1CCCCC1Br. The number of hydrogen-bond donors (Lipinski definition) is 0. The van der Waals surface area contributed by atoms with Gasteiger partial charge in [-0.1, -0.05) is 44.7 Å². The third-order valence-corrected chi connectivity index (χ3v) is 5.10. The van der Waals surface area contributed by atoms with Crippen LogP contribution in [-0.2, 0) is 0 Å². The van der Waals surface area contributed by atoms with Crippen LogP contribution >= 0.6 is 31.9 Å². The van der Waals surface area contributed by atoms with Crippen molar-refractivity contribution in [2.45, 2.75) is 36.6 Å². The van der Waals surface area contributed by atoms with Gasteiger partial charge >= 0.3 is 0 Å². The van der Waals surface area contributed by atoms with Gasteiger partial charge < -0.3 is 4.90 Å². The fraction of sp³-hybridized carbons (Fsp3) is 0.500. The van der Waals surface area contributed by atoms with Gasteiger partial charge in [-0.15, -0.1) is 0 Å². The Labute approximate surface area is 129 Å². The Hall–Kier alpha value is -0.420. The van der Waals surface area contributed by atoms with E-state index >= 15 is 0 Å². The van der Waals surface area contributed by atoms with Crippen LogP contribution in [0.2, 0.25) is 0 Å². The smallest absolute Gasteiger partial charge is 0.254 e. The topological polar surface area (TPSA) is 20.3 Å². The van der Waals surface area contributed by atoms with Crippen LogP contribution in [0.3, 0.4) is 0 Å². The Morgan fingerprint density at radius 2 is 2.00 bits per heavy atom. The first-order valence-electron chi connectivity index (χ1n) is 6.36. The van der Waals surface area contributed by atoms with Crippen molar-refractivity contribution in [2.24, 2.45) is 0 Å². The molecule has 0 heterocycles. The molecule has 1 fully saturated rings. The first-order chi connectivity index (χ1) is 8.99. The van der Waals surface area contributed by atoms with Crippen LogP contribution in [0, 0.1) is 5.82 Å². The number of halogens is 3. The van der Waals surface area contributed by atoms with Gasteiger partial charge in [-0.2, -0.15) is 0 Å². The highest BCUT2D eigenvalue weighted by atomic mass is 79.9. The molecule has 0 bridgehead atoms. The molecule has 2 nitrogen and oxygen atoms in total. The van der Waals surface area contributed by atoms with Gasteiger partial charge in [0.05, 0.1) is 0 Å². The molecule has 1 aromatic carbocycles. The summed E-state index contributed by atoms with van der Waals surface area (Å²) >= 11 is 6.87. The highest BCUT2D eigenvalue weighted by molar-refractivity contribution is 9.10. The van der Waals surface area contributed by atoms with Gasteiger partial charge in [-0.3, -0.25) is 4.79 Å². The van der Waals surface area contributed by atoms with Crippen molar-refractivity contribution >= 4 is 37.8 Å². The second-order valence-electron chi connectivity index (χ2n) is 4.94. The molecule has 2 unspecified atom stereocenters. The summed E-state index contributed by atoms with van der Waals surface area (Å²) in [6.45, 7) is 0. The fourth-order valence-electron chi connectivity index (χ4n) is 2.53. The number of amides is 1. The van der Waals surface area contributed by atoms with Gasteiger partial charge in [0.15, 0.2) is 0 Å². The lowest BCUT2D eigenvalue weighted by Crippen LogP contribution is -2.44. The van der Waals surface area contributed by atoms with Crippen molar-refractivity contribution in [1.29, 1.82) is 0 Å². The molecule has 2 atom stereocenters. The van der Waals surface area contributed by atoms with Crippen molar-refractivity contribution in [3.05, 3.63) is 34.1 Å². The maximum atomic E-state index is 13.4. The number of rotatable bonds is 2. The van der Waals surface area contributed by atoms with Crippen LogP contribution in [0.4, 0.5) is 4.39 Å². The number of hydrogen-bond acceptors (Lipinski definition) is 1. The monoisotopic (exact) mass is 391 g/mol. The van der Waals surface area contributed by atoms with E-state index in [4.69, 9.17) is 0 Å². The van der Waals surface area contributed by atoms with E-state index in [1.807, 2.05) is 0 Å². The molecule has 104 valence electrons. The van der Waals surface area contributed by atoms with Crippen LogP contribution < -0.4 is 0 Å². The summed E-state index contributed by atoms with van der Waals surface area (Å²) in [7, 11) is 1.80. The van der Waals surface area contributed by atoms with E-state index in [2.05, 4.69) is 31.9 Å². The minimum Gasteiger partial charge on any atom is -0.338 e. The van der Waals surface area contributed by atoms with E-state index in [1.54, 1.807) is 18.0 Å². The number of carbonyl (C=O) groups excluding carboxylic acids is 1. The molecule has 0 aliphatic heterocycles. The van der Waals surface area contributed by atoms with Gasteiger partial charge in [0.1, 0.15) is 5.82 Å². The Morgan fingerprint density at radius 1 is 1.32 bits per heavy atom. The largest absolute Gasteiger partial charge is 0.338 e. The maximum absolute atomic E-state index is 13.4. The minimum atomic E-state index is -0.398. The van der Waals surface area contributed by atoms with Crippen LogP contribution in [0.5, 0.6) is 0 Å². The predicted octanol–water partition coefficient (Wildman–Crippen LogP) is 4.37. The normalized spacial score (nSPS) is 23.2. The van der Waals surface area contributed by atoms with E-state index in [0.29, 0.717) is 14.9 Å². The number of carbonyl (C=O) groups is 1. The molecular formula is C14H16Br2FNO. The summed E-state index contributed by atoms with van der Waals surface area (Å²) in [5, 5.41) is 0. The minimum absolute atomic E-state index is 0.128. The predicted molar refractivity (Wildman–Crippen MR) is 81.2 cm³/mol. The molecule has 1 saturated carbocycles. The molecule has 2 rings (SSSR count). The van der Waals surface area contributed by atoms with E-state index in [-0.39, 0.29) is 11.9 Å². The Bertz CT molecular complexity index is 460. The third kappa shape index (κ3) is 3.57. The summed E-state index contributed by atoms with van der Waals surface area (Å²) < 4.78 is 13.9. The summed E-state index contributed by atoms with van der Waals surface area (Å²) in [6.07, 6.45) is 4.40. The molecule has 1 aliphatic rings. The average molecular weight is 393 g/mol. The molecular weight excluding hydrogens is 377 g/mol. The Balaban J connectivity index is 2.18. The Kier molecular flexibility index (Phi) is 5.01. The number of benzene rings is 1. The van der Waals surface area contributed by atoms with E-state index in [9.17, 15) is 9.18 Å². The lowest BCUT2D eigenvalue weighted by molar-refractivity contribution is 0.0704. The van der Waals surface area contributed by atoms with Crippen molar-refractivity contribution < 1.29 is 9.18 Å². The van der Waals surface area contributed by atoms with Gasteiger partial charge in [0.25, 0.3) is 5.91 Å². The quantitative estimate of drug-likeness (QED) is 0.684. The second-order valence-corrected chi connectivity index (χ2v) is 7.03. The maximum Gasteiger partial charge on any atom is 0.254 e. The summed E-state index contributed by atoms with van der Waals surface area (Å²) in [5.74, 6) is -0.526. The highest BCUT2D eigenvalue weighted by Crippen LogP contribution is 2.29. The molecule has 0 saturated heterocycles. The highest BCUT2D eigenvalue weighted by Gasteiger charge is 2.29. The summed E-state index contributed by atoms with van der Waals surface area (Å²) in [4.78, 5) is 14.5. The molecule has 0 N–H and O–H groups in total.